The molecule has 1 aliphatic heterocycles. The van der Waals surface area contributed by atoms with E-state index in [9.17, 15) is 14.4 Å². The van der Waals surface area contributed by atoms with Crippen LogP contribution in [0.5, 0.6) is 0 Å². The van der Waals surface area contributed by atoms with Gasteiger partial charge in [-0.05, 0) is 38.5 Å². The van der Waals surface area contributed by atoms with Crippen LogP contribution >= 0.6 is 0 Å². The summed E-state index contributed by atoms with van der Waals surface area (Å²) in [5.41, 5.74) is 0. The molecular weight excluding hydrogens is 260 g/mol. The topological polar surface area (TPSA) is 86.7 Å². The van der Waals surface area contributed by atoms with Crippen LogP contribution in [-0.4, -0.2) is 46.9 Å². The molecule has 6 heteroatoms. The van der Waals surface area contributed by atoms with Gasteiger partial charge in [-0.1, -0.05) is 0 Å². The Kier molecular flexibility index (Phi) is 4.98. The average Bonchev–Trinajstić information content (AvgIpc) is 3.27. The molecule has 20 heavy (non-hydrogen) atoms. The van der Waals surface area contributed by atoms with Gasteiger partial charge in [0, 0.05) is 25.4 Å². The predicted octanol–water partition coefficient (Wildman–Crippen LogP) is 0.758. The molecule has 0 radical (unpaired) electrons. The number of rotatable bonds is 6. The van der Waals surface area contributed by atoms with Crippen molar-refractivity contribution >= 4 is 17.8 Å². The van der Waals surface area contributed by atoms with Crippen LogP contribution in [0.4, 0.5) is 0 Å². The van der Waals surface area contributed by atoms with Crippen LogP contribution in [0.15, 0.2) is 0 Å². The Balaban J connectivity index is 1.69. The third-order valence-electron chi connectivity index (χ3n) is 3.92. The summed E-state index contributed by atoms with van der Waals surface area (Å²) >= 11 is 0. The maximum absolute atomic E-state index is 12.1. The highest BCUT2D eigenvalue weighted by atomic mass is 16.4. The SMILES string of the molecule is O=C(NCCCC(=O)N1CCCC[C@@H]1C(=O)O)C1CC1. The summed E-state index contributed by atoms with van der Waals surface area (Å²) in [4.78, 5) is 36.1. The molecular formula is C14H22N2O4. The second kappa shape index (κ2) is 6.72. The molecule has 0 bridgehead atoms. The van der Waals surface area contributed by atoms with Gasteiger partial charge < -0.3 is 15.3 Å². The van der Waals surface area contributed by atoms with Gasteiger partial charge in [0.15, 0.2) is 0 Å². The lowest BCUT2D eigenvalue weighted by Gasteiger charge is -2.33. The Morgan fingerprint density at radius 1 is 1.15 bits per heavy atom. The van der Waals surface area contributed by atoms with Crippen molar-refractivity contribution in [3.63, 3.8) is 0 Å². The number of likely N-dealkylation sites (tertiary alicyclic amines) is 1. The van der Waals surface area contributed by atoms with E-state index in [2.05, 4.69) is 5.32 Å². The molecule has 1 saturated carbocycles. The van der Waals surface area contributed by atoms with Crippen LogP contribution in [0.1, 0.15) is 44.9 Å². The molecule has 1 atom stereocenters. The predicted molar refractivity (Wildman–Crippen MR) is 72.0 cm³/mol. The minimum atomic E-state index is -0.917. The fourth-order valence-corrected chi connectivity index (χ4v) is 2.57. The molecule has 0 unspecified atom stereocenters. The number of amides is 2. The van der Waals surface area contributed by atoms with Crippen molar-refractivity contribution in [3.05, 3.63) is 0 Å². The van der Waals surface area contributed by atoms with E-state index in [0.717, 1.165) is 25.7 Å². The fourth-order valence-electron chi connectivity index (χ4n) is 2.57. The normalized spacial score (nSPS) is 22.4. The number of hydrogen-bond acceptors (Lipinski definition) is 3. The summed E-state index contributed by atoms with van der Waals surface area (Å²) in [6, 6.07) is -0.669. The first kappa shape index (κ1) is 14.8. The van der Waals surface area contributed by atoms with Crippen molar-refractivity contribution in [2.75, 3.05) is 13.1 Å². The summed E-state index contributed by atoms with van der Waals surface area (Å²) in [5.74, 6) is -0.763. The second-order valence-electron chi connectivity index (χ2n) is 5.61. The molecule has 112 valence electrons. The average molecular weight is 282 g/mol. The fraction of sp³-hybridized carbons (Fsp3) is 0.786. The Hall–Kier alpha value is -1.59. The van der Waals surface area contributed by atoms with Crippen LogP contribution in [0.3, 0.4) is 0 Å². The quantitative estimate of drug-likeness (QED) is 0.704. The standard InChI is InChI=1S/C14H22N2O4/c17-12(5-3-8-15-13(18)10-6-7-10)16-9-2-1-4-11(16)14(19)20/h10-11H,1-9H2,(H,15,18)(H,19,20)/t11-/m1/s1. The molecule has 6 nitrogen and oxygen atoms in total. The number of nitrogens with one attached hydrogen (secondary N) is 1. The number of hydrogen-bond donors (Lipinski definition) is 2. The molecule has 0 spiro atoms. The van der Waals surface area contributed by atoms with Crippen molar-refractivity contribution < 1.29 is 19.5 Å². The molecule has 2 fully saturated rings. The van der Waals surface area contributed by atoms with Gasteiger partial charge in [-0.3, -0.25) is 9.59 Å². The smallest absolute Gasteiger partial charge is 0.326 e. The number of carboxylic acid groups (broad SMARTS) is 1. The molecule has 2 rings (SSSR count). The van der Waals surface area contributed by atoms with Crippen molar-refractivity contribution in [3.8, 4) is 0 Å². The van der Waals surface area contributed by atoms with Crippen LogP contribution in [-0.2, 0) is 14.4 Å². The Morgan fingerprint density at radius 3 is 2.55 bits per heavy atom. The number of piperidine rings is 1. The summed E-state index contributed by atoms with van der Waals surface area (Å²) in [7, 11) is 0. The van der Waals surface area contributed by atoms with E-state index in [1.165, 1.54) is 4.90 Å². The lowest BCUT2D eigenvalue weighted by Crippen LogP contribution is -2.48. The van der Waals surface area contributed by atoms with Crippen molar-refractivity contribution in [2.45, 2.75) is 51.0 Å². The zero-order valence-electron chi connectivity index (χ0n) is 11.6. The van der Waals surface area contributed by atoms with E-state index < -0.39 is 12.0 Å². The molecule has 2 aliphatic rings. The highest BCUT2D eigenvalue weighted by molar-refractivity contribution is 5.84. The van der Waals surface area contributed by atoms with Crippen molar-refractivity contribution in [1.82, 2.24) is 10.2 Å². The Labute approximate surface area is 118 Å². The van der Waals surface area contributed by atoms with Gasteiger partial charge in [0.05, 0.1) is 0 Å². The van der Waals surface area contributed by atoms with E-state index in [4.69, 9.17) is 5.11 Å². The van der Waals surface area contributed by atoms with Gasteiger partial charge in [-0.2, -0.15) is 0 Å². The zero-order chi connectivity index (χ0) is 14.5. The molecule has 2 amide bonds. The van der Waals surface area contributed by atoms with E-state index in [-0.39, 0.29) is 17.7 Å². The second-order valence-corrected chi connectivity index (χ2v) is 5.61. The maximum Gasteiger partial charge on any atom is 0.326 e. The first-order valence-electron chi connectivity index (χ1n) is 7.39. The van der Waals surface area contributed by atoms with Gasteiger partial charge in [0.1, 0.15) is 6.04 Å². The molecule has 1 aliphatic carbocycles. The van der Waals surface area contributed by atoms with Gasteiger partial charge in [-0.15, -0.1) is 0 Å². The van der Waals surface area contributed by atoms with Crippen LogP contribution in [0, 0.1) is 5.92 Å². The van der Waals surface area contributed by atoms with Crippen LogP contribution in [0.2, 0.25) is 0 Å². The molecule has 1 saturated heterocycles. The first-order valence-corrected chi connectivity index (χ1v) is 7.39. The van der Waals surface area contributed by atoms with E-state index >= 15 is 0 Å². The first-order chi connectivity index (χ1) is 9.59. The molecule has 0 aromatic rings. The number of nitrogens with zero attached hydrogens (tertiary/aromatic N) is 1. The van der Waals surface area contributed by atoms with Crippen molar-refractivity contribution in [2.24, 2.45) is 5.92 Å². The lowest BCUT2D eigenvalue weighted by atomic mass is 10.0. The zero-order valence-corrected chi connectivity index (χ0v) is 11.6. The summed E-state index contributed by atoms with van der Waals surface area (Å²) in [5, 5.41) is 11.9. The van der Waals surface area contributed by atoms with Crippen molar-refractivity contribution in [1.29, 1.82) is 0 Å². The number of carboxylic acids is 1. The minimum Gasteiger partial charge on any atom is -0.480 e. The molecule has 0 aromatic heterocycles. The molecule has 1 heterocycles. The monoisotopic (exact) mass is 282 g/mol. The van der Waals surface area contributed by atoms with Gasteiger partial charge >= 0.3 is 5.97 Å². The third kappa shape index (κ3) is 3.95. The Bertz CT molecular complexity index is 393. The summed E-state index contributed by atoms with van der Waals surface area (Å²) in [6.07, 6.45) is 5.08. The highest BCUT2D eigenvalue weighted by Gasteiger charge is 2.31. The van der Waals surface area contributed by atoms with E-state index in [1.807, 2.05) is 0 Å². The van der Waals surface area contributed by atoms with Gasteiger partial charge in [-0.25, -0.2) is 4.79 Å². The number of carbonyl (C=O) groups excluding carboxylic acids is 2. The highest BCUT2D eigenvalue weighted by Crippen LogP contribution is 2.28. The van der Waals surface area contributed by atoms with E-state index in [0.29, 0.717) is 32.4 Å². The maximum atomic E-state index is 12.1. The lowest BCUT2D eigenvalue weighted by molar-refractivity contribution is -0.152. The molecule has 2 N–H and O–H groups in total. The number of aliphatic carboxylic acids is 1. The van der Waals surface area contributed by atoms with E-state index in [1.54, 1.807) is 0 Å². The Morgan fingerprint density at radius 2 is 1.90 bits per heavy atom. The van der Waals surface area contributed by atoms with Gasteiger partial charge in [0.2, 0.25) is 11.8 Å². The van der Waals surface area contributed by atoms with Crippen LogP contribution in [0.25, 0.3) is 0 Å². The summed E-state index contributed by atoms with van der Waals surface area (Å²) < 4.78 is 0. The number of carbonyl (C=O) groups is 3. The minimum absolute atomic E-state index is 0.0823. The largest absolute Gasteiger partial charge is 0.480 e. The summed E-state index contributed by atoms with van der Waals surface area (Å²) in [6.45, 7) is 1.02. The van der Waals surface area contributed by atoms with Crippen LogP contribution < -0.4 is 5.32 Å². The molecule has 0 aromatic carbocycles. The third-order valence-corrected chi connectivity index (χ3v) is 3.92. The van der Waals surface area contributed by atoms with Gasteiger partial charge in [0.25, 0.3) is 0 Å².